The summed E-state index contributed by atoms with van der Waals surface area (Å²) < 4.78 is 30.5. The Hall–Kier alpha value is -2.27. The van der Waals surface area contributed by atoms with Crippen LogP contribution in [0.5, 0.6) is 17.2 Å². The maximum atomic E-state index is 13.7. The zero-order valence-electron chi connectivity index (χ0n) is 17.0. The fourth-order valence-corrected chi connectivity index (χ4v) is 5.25. The first kappa shape index (κ1) is 19.1. The Kier molecular flexibility index (Phi) is 5.19. The number of benzene rings is 2. The van der Waals surface area contributed by atoms with E-state index in [1.165, 1.54) is 17.2 Å². The van der Waals surface area contributed by atoms with Gasteiger partial charge in [-0.05, 0) is 61.6 Å². The number of fused-ring (bicyclic) bond motifs is 3. The van der Waals surface area contributed by atoms with Crippen LogP contribution in [0, 0.1) is 11.7 Å². The van der Waals surface area contributed by atoms with Crippen molar-refractivity contribution in [3.63, 3.8) is 0 Å². The lowest BCUT2D eigenvalue weighted by Gasteiger charge is -2.33. The van der Waals surface area contributed by atoms with Gasteiger partial charge in [0.1, 0.15) is 5.82 Å². The van der Waals surface area contributed by atoms with E-state index >= 15 is 0 Å². The third-order valence-corrected chi connectivity index (χ3v) is 6.49. The summed E-state index contributed by atoms with van der Waals surface area (Å²) >= 11 is 0. The van der Waals surface area contributed by atoms with E-state index in [1.807, 2.05) is 6.07 Å². The molecule has 2 aliphatic rings. The summed E-state index contributed by atoms with van der Waals surface area (Å²) in [5.41, 5.74) is 3.61. The molecule has 0 amide bonds. The molecule has 2 aromatic carbocycles. The van der Waals surface area contributed by atoms with Gasteiger partial charge in [-0.3, -0.25) is 0 Å². The summed E-state index contributed by atoms with van der Waals surface area (Å²) in [6.07, 6.45) is 2.91. The number of halogens is 1. The maximum absolute atomic E-state index is 13.7. The summed E-state index contributed by atoms with van der Waals surface area (Å²) in [4.78, 5) is 2.43. The molecule has 2 aromatic rings. The van der Waals surface area contributed by atoms with E-state index in [2.05, 4.69) is 18.0 Å². The monoisotopic (exact) mass is 385 g/mol. The van der Waals surface area contributed by atoms with Gasteiger partial charge in [-0.15, -0.1) is 0 Å². The molecular formula is C23H28FNO3. The zero-order chi connectivity index (χ0) is 19.8. The molecule has 1 fully saturated rings. The van der Waals surface area contributed by atoms with Gasteiger partial charge in [-0.1, -0.05) is 12.1 Å². The molecule has 5 heteroatoms. The van der Waals surface area contributed by atoms with Crippen LogP contribution in [-0.4, -0.2) is 45.9 Å². The molecule has 1 saturated heterocycles. The second-order valence-corrected chi connectivity index (χ2v) is 7.86. The Morgan fingerprint density at radius 3 is 2.54 bits per heavy atom. The molecule has 0 aromatic heterocycles. The van der Waals surface area contributed by atoms with Crippen LogP contribution in [0.3, 0.4) is 0 Å². The molecule has 1 heterocycles. The molecule has 4 nitrogen and oxygen atoms in total. The van der Waals surface area contributed by atoms with Crippen molar-refractivity contribution in [3.05, 3.63) is 52.8 Å². The van der Waals surface area contributed by atoms with Gasteiger partial charge in [-0.25, -0.2) is 4.39 Å². The lowest BCUT2D eigenvalue weighted by Crippen LogP contribution is -2.32. The van der Waals surface area contributed by atoms with Crippen molar-refractivity contribution in [1.82, 2.24) is 4.90 Å². The number of methoxy groups -OCH3 is 3. The van der Waals surface area contributed by atoms with Crippen molar-refractivity contribution in [2.75, 3.05) is 34.9 Å². The fraction of sp³-hybridized carbons (Fsp3) is 0.478. The minimum atomic E-state index is -0.162. The highest BCUT2D eigenvalue weighted by molar-refractivity contribution is 5.61. The molecule has 0 radical (unpaired) electrons. The quantitative estimate of drug-likeness (QED) is 0.777. The predicted molar refractivity (Wildman–Crippen MR) is 107 cm³/mol. The first-order chi connectivity index (χ1) is 13.6. The number of hydrogen-bond acceptors (Lipinski definition) is 4. The summed E-state index contributed by atoms with van der Waals surface area (Å²) in [5.74, 6) is 2.97. The van der Waals surface area contributed by atoms with Crippen LogP contribution in [-0.2, 0) is 12.8 Å². The summed E-state index contributed by atoms with van der Waals surface area (Å²) in [7, 11) is 7.19. The van der Waals surface area contributed by atoms with E-state index in [4.69, 9.17) is 14.2 Å². The highest BCUT2D eigenvalue weighted by Crippen LogP contribution is 2.52. The smallest absolute Gasteiger partial charge is 0.203 e. The molecule has 1 aliphatic heterocycles. The SMILES string of the molecule is COc1cc2c(c(OC)c1OC)CCC1C2CN(C)C1Cc1cccc(F)c1. The molecule has 3 atom stereocenters. The van der Waals surface area contributed by atoms with Gasteiger partial charge < -0.3 is 19.1 Å². The molecule has 4 rings (SSSR count). The van der Waals surface area contributed by atoms with Gasteiger partial charge in [0.15, 0.2) is 11.5 Å². The van der Waals surface area contributed by atoms with Crippen LogP contribution in [0.1, 0.15) is 29.0 Å². The molecule has 0 N–H and O–H groups in total. The highest BCUT2D eigenvalue weighted by Gasteiger charge is 2.44. The van der Waals surface area contributed by atoms with Crippen LogP contribution in [0.4, 0.5) is 4.39 Å². The van der Waals surface area contributed by atoms with Gasteiger partial charge in [0, 0.05) is 24.1 Å². The van der Waals surface area contributed by atoms with Gasteiger partial charge >= 0.3 is 0 Å². The average Bonchev–Trinajstić information content (AvgIpc) is 3.02. The summed E-state index contributed by atoms with van der Waals surface area (Å²) in [6, 6.07) is 9.53. The van der Waals surface area contributed by atoms with Gasteiger partial charge in [0.25, 0.3) is 0 Å². The van der Waals surface area contributed by atoms with Gasteiger partial charge in [-0.2, -0.15) is 0 Å². The largest absolute Gasteiger partial charge is 0.493 e. The molecule has 0 spiro atoms. The van der Waals surface area contributed by atoms with Gasteiger partial charge in [0.2, 0.25) is 5.75 Å². The van der Waals surface area contributed by atoms with Crippen molar-refractivity contribution in [1.29, 1.82) is 0 Å². The summed E-state index contributed by atoms with van der Waals surface area (Å²) in [5, 5.41) is 0. The van der Waals surface area contributed by atoms with Crippen molar-refractivity contribution in [2.45, 2.75) is 31.2 Å². The lowest BCUT2D eigenvalue weighted by atomic mass is 9.73. The van der Waals surface area contributed by atoms with E-state index in [9.17, 15) is 4.39 Å². The van der Waals surface area contributed by atoms with Crippen molar-refractivity contribution in [2.24, 2.45) is 5.92 Å². The van der Waals surface area contributed by atoms with Crippen LogP contribution >= 0.6 is 0 Å². The third kappa shape index (κ3) is 3.12. The van der Waals surface area contributed by atoms with E-state index < -0.39 is 0 Å². The molecule has 150 valence electrons. The van der Waals surface area contributed by atoms with E-state index in [-0.39, 0.29) is 5.82 Å². The third-order valence-electron chi connectivity index (χ3n) is 6.49. The van der Waals surface area contributed by atoms with Crippen LogP contribution in [0.2, 0.25) is 0 Å². The maximum Gasteiger partial charge on any atom is 0.203 e. The predicted octanol–water partition coefficient (Wildman–Crippen LogP) is 4.05. The Bertz CT molecular complexity index is 869. The number of likely N-dealkylation sites (N-methyl/N-ethyl adjacent to an activating group) is 1. The molecule has 28 heavy (non-hydrogen) atoms. The van der Waals surface area contributed by atoms with E-state index in [0.29, 0.717) is 23.6 Å². The van der Waals surface area contributed by atoms with Crippen LogP contribution in [0.15, 0.2) is 30.3 Å². The molecule has 0 bridgehead atoms. The topological polar surface area (TPSA) is 30.9 Å². The van der Waals surface area contributed by atoms with Gasteiger partial charge in [0.05, 0.1) is 21.3 Å². The number of rotatable bonds is 5. The Labute approximate surface area is 166 Å². The number of ether oxygens (including phenoxy) is 3. The Morgan fingerprint density at radius 2 is 1.86 bits per heavy atom. The van der Waals surface area contributed by atoms with Crippen molar-refractivity contribution < 1.29 is 18.6 Å². The minimum Gasteiger partial charge on any atom is -0.493 e. The van der Waals surface area contributed by atoms with Crippen molar-refractivity contribution in [3.8, 4) is 17.2 Å². The summed E-state index contributed by atoms with van der Waals surface area (Å²) in [6.45, 7) is 0.982. The Balaban J connectivity index is 1.69. The molecule has 0 saturated carbocycles. The van der Waals surface area contributed by atoms with Crippen LogP contribution in [0.25, 0.3) is 0 Å². The standard InChI is InChI=1S/C23H28FNO3/c1-25-13-19-16(20(25)11-14-6-5-7-15(24)10-14)8-9-17-18(19)12-21(26-2)23(28-4)22(17)27-3/h5-7,10,12,16,19-20H,8-9,11,13H2,1-4H3. The van der Waals surface area contributed by atoms with Crippen molar-refractivity contribution >= 4 is 0 Å². The second kappa shape index (κ2) is 7.63. The molecule has 3 unspecified atom stereocenters. The highest BCUT2D eigenvalue weighted by atomic mass is 19.1. The average molecular weight is 385 g/mol. The second-order valence-electron chi connectivity index (χ2n) is 7.86. The molecular weight excluding hydrogens is 357 g/mol. The first-order valence-electron chi connectivity index (χ1n) is 9.83. The number of hydrogen-bond donors (Lipinski definition) is 0. The zero-order valence-corrected chi connectivity index (χ0v) is 17.0. The normalized spacial score (nSPS) is 23.8. The van der Waals surface area contributed by atoms with E-state index in [1.54, 1.807) is 33.5 Å². The van der Waals surface area contributed by atoms with Crippen LogP contribution < -0.4 is 14.2 Å². The number of likely N-dealkylation sites (tertiary alicyclic amines) is 1. The van der Waals surface area contributed by atoms with E-state index in [0.717, 1.165) is 42.9 Å². The molecule has 1 aliphatic carbocycles. The number of nitrogens with zero attached hydrogens (tertiary/aromatic N) is 1. The fourth-order valence-electron chi connectivity index (χ4n) is 5.25. The lowest BCUT2D eigenvalue weighted by molar-refractivity contribution is 0.257. The Morgan fingerprint density at radius 1 is 1.07 bits per heavy atom. The minimum absolute atomic E-state index is 0.162. The first-order valence-corrected chi connectivity index (χ1v) is 9.83.